The fraction of sp³-hybridized carbons (Fsp3) is 1.00. The zero-order valence-corrected chi connectivity index (χ0v) is 29.2. The van der Waals surface area contributed by atoms with E-state index in [0.717, 1.165) is 0 Å². The first-order valence-corrected chi connectivity index (χ1v) is 17.6. The Hall–Kier alpha value is -1.04. The maximum absolute atomic E-state index is 10.6. The van der Waals surface area contributed by atoms with E-state index in [0.29, 0.717) is 0 Å². The predicted molar refractivity (Wildman–Crippen MR) is 167 cm³/mol. The molecule has 5 heterocycles. The highest BCUT2D eigenvalue weighted by Gasteiger charge is 2.51. The molecule has 26 nitrogen and oxygen atoms in total. The van der Waals surface area contributed by atoms with Crippen LogP contribution in [-0.2, 0) is 42.6 Å². The minimum Gasteiger partial charge on any atom is -0.394 e. The number of aliphatic hydroxyl groups excluding tert-OH is 17. The van der Waals surface area contributed by atoms with Crippen LogP contribution in [0.2, 0.25) is 0 Å². The van der Waals surface area contributed by atoms with Crippen molar-refractivity contribution in [2.24, 2.45) is 0 Å². The Morgan fingerprint density at radius 2 is 0.500 bits per heavy atom. The summed E-state index contributed by atoms with van der Waals surface area (Å²) in [5.41, 5.74) is 0. The molecule has 17 N–H and O–H groups in total. The lowest BCUT2D eigenvalue weighted by molar-refractivity contribution is -0.350. The Morgan fingerprint density at radius 1 is 0.268 bits per heavy atom. The summed E-state index contributed by atoms with van der Waals surface area (Å²) in [6.45, 7) is -3.57. The highest BCUT2D eigenvalue weighted by Crippen LogP contribution is 2.30. The molecule has 0 aromatic rings. The van der Waals surface area contributed by atoms with Gasteiger partial charge in [-0.1, -0.05) is 0 Å². The average Bonchev–Trinajstić information content (AvgIpc) is 3.18. The summed E-state index contributed by atoms with van der Waals surface area (Å²) in [5, 5.41) is 173. The topological polar surface area (TPSA) is 427 Å². The van der Waals surface area contributed by atoms with E-state index in [2.05, 4.69) is 0 Å². The summed E-state index contributed by atoms with van der Waals surface area (Å²) in [7, 11) is 0. The molecule has 0 aromatic heterocycles. The second-order valence-corrected chi connectivity index (χ2v) is 14.1. The molecule has 0 bridgehead atoms. The van der Waals surface area contributed by atoms with Crippen LogP contribution >= 0.6 is 0 Å². The highest BCUT2D eigenvalue weighted by molar-refractivity contribution is 4.95. The van der Waals surface area contributed by atoms with Crippen LogP contribution in [0.4, 0.5) is 0 Å². The lowest BCUT2D eigenvalue weighted by atomic mass is 9.97. The lowest BCUT2D eigenvalue weighted by Gasteiger charge is -2.44. The van der Waals surface area contributed by atoms with E-state index < -0.39 is 187 Å². The number of hydrogen-bond acceptors (Lipinski definition) is 26. The normalized spacial score (nSPS) is 53.2. The van der Waals surface area contributed by atoms with E-state index in [9.17, 15) is 86.8 Å². The molecule has 25 atom stereocenters. The third-order valence-corrected chi connectivity index (χ3v) is 10.2. The Balaban J connectivity index is 1.15. The van der Waals surface area contributed by atoms with Crippen molar-refractivity contribution in [3.63, 3.8) is 0 Å². The molecule has 328 valence electrons. The summed E-state index contributed by atoms with van der Waals surface area (Å²) in [4.78, 5) is 0. The number of rotatable bonds is 13. The molecule has 0 aliphatic carbocycles. The number of ether oxygens (including phenoxy) is 9. The summed E-state index contributed by atoms with van der Waals surface area (Å²) < 4.78 is 48.5. The van der Waals surface area contributed by atoms with Crippen molar-refractivity contribution in [1.82, 2.24) is 0 Å². The minimum absolute atomic E-state index is 0.669. The smallest absolute Gasteiger partial charge is 0.186 e. The van der Waals surface area contributed by atoms with Gasteiger partial charge in [0.15, 0.2) is 31.5 Å². The van der Waals surface area contributed by atoms with E-state index in [1.54, 1.807) is 0 Å². The van der Waals surface area contributed by atoms with Crippen LogP contribution in [0.1, 0.15) is 0 Å². The SMILES string of the molecule is OC[C@H]1O[C@@H](OC[C@H]2O[C@@H](OC[C@H]3O[C@@H](OC[C@H]4O[C@@H](OC[C@H]5O[C@@H](O)[C@H](O)[C@@H](O)[C@@H]5O)[C@H](O)[C@@H](O)[C@H]4O)[C@H](O)[C@@H](O)[C@H]3O)[C@H](O)[C@@H](O)[C@H]2O)[C@H](O)[C@H](O)[C@H]1O. The highest BCUT2D eigenvalue weighted by atomic mass is 16.8. The van der Waals surface area contributed by atoms with Gasteiger partial charge in [0.25, 0.3) is 0 Å². The van der Waals surface area contributed by atoms with E-state index >= 15 is 0 Å². The van der Waals surface area contributed by atoms with Crippen molar-refractivity contribution >= 4 is 0 Å². The van der Waals surface area contributed by atoms with Crippen LogP contribution in [0, 0.1) is 0 Å². The summed E-state index contributed by atoms with van der Waals surface area (Å²) in [6, 6.07) is 0. The minimum atomic E-state index is -1.96. The Labute approximate surface area is 316 Å². The molecule has 5 aliphatic rings. The van der Waals surface area contributed by atoms with Gasteiger partial charge in [-0.25, -0.2) is 0 Å². The van der Waals surface area contributed by atoms with E-state index in [1.807, 2.05) is 0 Å². The van der Waals surface area contributed by atoms with Crippen LogP contribution in [0.15, 0.2) is 0 Å². The largest absolute Gasteiger partial charge is 0.394 e. The zero-order chi connectivity index (χ0) is 41.3. The fourth-order valence-corrected chi connectivity index (χ4v) is 6.61. The molecule has 26 heteroatoms. The average molecular weight is 829 g/mol. The zero-order valence-electron chi connectivity index (χ0n) is 29.2. The van der Waals surface area contributed by atoms with Crippen molar-refractivity contribution in [3.05, 3.63) is 0 Å². The predicted octanol–water partition coefficient (Wildman–Crippen LogP) is -11.9. The molecule has 0 aromatic carbocycles. The van der Waals surface area contributed by atoms with Gasteiger partial charge in [-0.15, -0.1) is 0 Å². The van der Waals surface area contributed by atoms with Crippen LogP contribution in [-0.4, -0.2) is 273 Å². The Morgan fingerprint density at radius 3 is 0.786 bits per heavy atom. The van der Waals surface area contributed by atoms with Gasteiger partial charge in [-0.3, -0.25) is 0 Å². The second-order valence-electron chi connectivity index (χ2n) is 14.1. The van der Waals surface area contributed by atoms with Crippen molar-refractivity contribution < 1.29 is 129 Å². The first kappa shape index (κ1) is 46.0. The second kappa shape index (κ2) is 19.6. The van der Waals surface area contributed by atoms with Crippen LogP contribution in [0.3, 0.4) is 0 Å². The van der Waals surface area contributed by atoms with Crippen LogP contribution in [0.25, 0.3) is 0 Å². The summed E-state index contributed by atoms with van der Waals surface area (Å²) >= 11 is 0. The first-order chi connectivity index (χ1) is 26.4. The molecule has 5 fully saturated rings. The van der Waals surface area contributed by atoms with Crippen LogP contribution < -0.4 is 0 Å². The van der Waals surface area contributed by atoms with Crippen molar-refractivity contribution in [2.45, 2.75) is 154 Å². The van der Waals surface area contributed by atoms with Crippen molar-refractivity contribution in [1.29, 1.82) is 0 Å². The molecule has 0 radical (unpaired) electrons. The molecule has 56 heavy (non-hydrogen) atoms. The van der Waals surface area contributed by atoms with Gasteiger partial charge >= 0.3 is 0 Å². The fourth-order valence-electron chi connectivity index (χ4n) is 6.61. The maximum atomic E-state index is 10.6. The van der Waals surface area contributed by atoms with Gasteiger partial charge in [-0.05, 0) is 0 Å². The van der Waals surface area contributed by atoms with E-state index in [-0.39, 0.29) is 0 Å². The molecule has 5 aliphatic heterocycles. The standard InChI is InChI=1S/C30H52O26/c31-1-6-11(32)17(38)22(43)27(53-6)49-3-8-13(34)19(40)24(45)29(55-8)51-5-10-15(36)20(41)25(46)30(56-10)50-4-9-14(35)18(39)23(44)28(54-9)48-2-7-12(33)16(37)21(42)26(47)52-7/h6-47H,1-5H2/t6-,7-,8-,9-,10-,11+,12-,13+,14+,15+,16+,17-,18+,19+,20+,21-,22-,23-,24-,25-,26-,27-,28-,29-,30-/m1/s1. The molecular formula is C30H52O26. The third kappa shape index (κ3) is 9.77. The molecule has 5 rings (SSSR count). The first-order valence-electron chi connectivity index (χ1n) is 17.6. The Kier molecular flexibility index (Phi) is 16.1. The monoisotopic (exact) mass is 828 g/mol. The Bertz CT molecular complexity index is 1210. The number of aliphatic hydroxyl groups is 17. The van der Waals surface area contributed by atoms with Gasteiger partial charge in [0.1, 0.15) is 122 Å². The van der Waals surface area contributed by atoms with E-state index in [1.165, 1.54) is 0 Å². The molecular weight excluding hydrogens is 776 g/mol. The van der Waals surface area contributed by atoms with Gasteiger partial charge in [0.2, 0.25) is 0 Å². The summed E-state index contributed by atoms with van der Waals surface area (Å²) in [6.07, 6.45) is -44.0. The van der Waals surface area contributed by atoms with Gasteiger partial charge in [0, 0.05) is 0 Å². The van der Waals surface area contributed by atoms with Gasteiger partial charge < -0.3 is 129 Å². The molecule has 0 spiro atoms. The summed E-state index contributed by atoms with van der Waals surface area (Å²) in [5.74, 6) is 0. The van der Waals surface area contributed by atoms with Crippen LogP contribution in [0.5, 0.6) is 0 Å². The molecule has 0 unspecified atom stereocenters. The van der Waals surface area contributed by atoms with Gasteiger partial charge in [-0.2, -0.15) is 0 Å². The van der Waals surface area contributed by atoms with E-state index in [4.69, 9.17) is 42.6 Å². The van der Waals surface area contributed by atoms with Gasteiger partial charge in [0.05, 0.1) is 33.0 Å². The third-order valence-electron chi connectivity index (χ3n) is 10.2. The quantitative estimate of drug-likeness (QED) is 0.0819. The van der Waals surface area contributed by atoms with Crippen molar-refractivity contribution in [3.8, 4) is 0 Å². The molecule has 0 saturated carbocycles. The molecule has 0 amide bonds. The lowest BCUT2D eigenvalue weighted by Crippen LogP contribution is -2.63. The maximum Gasteiger partial charge on any atom is 0.186 e. The van der Waals surface area contributed by atoms with Crippen molar-refractivity contribution in [2.75, 3.05) is 33.0 Å². The molecule has 5 saturated heterocycles. The number of hydrogen-bond donors (Lipinski definition) is 17.